The van der Waals surface area contributed by atoms with E-state index in [1.165, 1.54) is 6.26 Å². The summed E-state index contributed by atoms with van der Waals surface area (Å²) in [5.74, 6) is 0.576. The van der Waals surface area contributed by atoms with E-state index in [0.717, 1.165) is 38.2 Å². The van der Waals surface area contributed by atoms with Crippen LogP contribution in [0.25, 0.3) is 0 Å². The lowest BCUT2D eigenvalue weighted by atomic mass is 9.97. The Balaban J connectivity index is 2.25. The predicted octanol–water partition coefficient (Wildman–Crippen LogP) is 1.27. The topological polar surface area (TPSA) is 63.4 Å². The first kappa shape index (κ1) is 13.4. The Morgan fingerprint density at radius 2 is 1.89 bits per heavy atom. The molecule has 1 fully saturated rings. The highest BCUT2D eigenvalue weighted by molar-refractivity contribution is 7.90. The largest absolute Gasteiger partial charge is 0.370 e. The maximum Gasteiger partial charge on any atom is 0.177 e. The van der Waals surface area contributed by atoms with Crippen LogP contribution in [0.15, 0.2) is 29.2 Å². The average molecular weight is 268 g/mol. The minimum atomic E-state index is -3.17. The van der Waals surface area contributed by atoms with Gasteiger partial charge in [-0.1, -0.05) is 12.1 Å². The molecule has 0 unspecified atom stereocenters. The molecule has 0 saturated carbocycles. The van der Waals surface area contributed by atoms with Crippen LogP contribution >= 0.6 is 0 Å². The summed E-state index contributed by atoms with van der Waals surface area (Å²) in [6, 6.07) is 7.23. The Kier molecular flexibility index (Phi) is 3.92. The highest BCUT2D eigenvalue weighted by Gasteiger charge is 2.22. The molecule has 1 heterocycles. The minimum Gasteiger partial charge on any atom is -0.370 e. The van der Waals surface area contributed by atoms with Gasteiger partial charge in [-0.15, -0.1) is 0 Å². The number of nitrogens with zero attached hydrogens (tertiary/aromatic N) is 1. The van der Waals surface area contributed by atoms with Crippen LogP contribution in [0.2, 0.25) is 0 Å². The Bertz CT molecular complexity index is 505. The Morgan fingerprint density at radius 3 is 2.44 bits per heavy atom. The molecule has 0 aromatic heterocycles. The van der Waals surface area contributed by atoms with Gasteiger partial charge in [-0.2, -0.15) is 0 Å². The molecule has 0 bridgehead atoms. The van der Waals surface area contributed by atoms with Crippen molar-refractivity contribution in [3.63, 3.8) is 0 Å². The Labute approximate surface area is 109 Å². The van der Waals surface area contributed by atoms with E-state index in [2.05, 4.69) is 4.90 Å². The van der Waals surface area contributed by atoms with Crippen molar-refractivity contribution < 1.29 is 8.42 Å². The third-order valence-corrected chi connectivity index (χ3v) is 4.70. The van der Waals surface area contributed by atoms with Crippen molar-refractivity contribution >= 4 is 15.5 Å². The van der Waals surface area contributed by atoms with E-state index in [0.29, 0.717) is 10.8 Å². The van der Waals surface area contributed by atoms with Crippen LogP contribution in [0.5, 0.6) is 0 Å². The van der Waals surface area contributed by atoms with Crippen molar-refractivity contribution in [1.29, 1.82) is 0 Å². The Morgan fingerprint density at radius 1 is 1.28 bits per heavy atom. The monoisotopic (exact) mass is 268 g/mol. The van der Waals surface area contributed by atoms with E-state index in [1.807, 2.05) is 12.1 Å². The summed E-state index contributed by atoms with van der Waals surface area (Å²) in [6.07, 6.45) is 3.33. The van der Waals surface area contributed by atoms with Gasteiger partial charge in [-0.3, -0.25) is 0 Å². The van der Waals surface area contributed by atoms with E-state index in [1.54, 1.807) is 12.1 Å². The van der Waals surface area contributed by atoms with Crippen LogP contribution in [0.3, 0.4) is 0 Å². The number of para-hydroxylation sites is 1. The molecule has 2 N–H and O–H groups in total. The van der Waals surface area contributed by atoms with Crippen molar-refractivity contribution in [2.24, 2.45) is 11.7 Å². The molecular weight excluding hydrogens is 248 g/mol. The van der Waals surface area contributed by atoms with E-state index in [4.69, 9.17) is 5.73 Å². The summed E-state index contributed by atoms with van der Waals surface area (Å²) >= 11 is 0. The molecule has 2 rings (SSSR count). The van der Waals surface area contributed by atoms with Crippen LogP contribution in [-0.4, -0.2) is 34.3 Å². The summed E-state index contributed by atoms with van der Waals surface area (Å²) in [7, 11) is -3.17. The van der Waals surface area contributed by atoms with Gasteiger partial charge in [-0.25, -0.2) is 8.42 Å². The molecule has 1 aliphatic rings. The number of nitrogens with two attached hydrogens (primary N) is 1. The molecule has 0 atom stereocenters. The van der Waals surface area contributed by atoms with Gasteiger partial charge in [0.05, 0.1) is 10.6 Å². The molecule has 1 aromatic carbocycles. The zero-order valence-electron chi connectivity index (χ0n) is 10.7. The second-order valence-electron chi connectivity index (χ2n) is 4.91. The highest BCUT2D eigenvalue weighted by atomic mass is 32.2. The van der Waals surface area contributed by atoms with Gasteiger partial charge in [0.1, 0.15) is 0 Å². The number of hydrogen-bond acceptors (Lipinski definition) is 4. The van der Waals surface area contributed by atoms with Gasteiger partial charge in [0.2, 0.25) is 0 Å². The first-order valence-corrected chi connectivity index (χ1v) is 8.15. The Hall–Kier alpha value is -1.07. The number of hydrogen-bond donors (Lipinski definition) is 1. The van der Waals surface area contributed by atoms with Crippen LogP contribution in [0.1, 0.15) is 12.8 Å². The average Bonchev–Trinajstić information content (AvgIpc) is 2.38. The maximum absolute atomic E-state index is 11.8. The first-order chi connectivity index (χ1) is 8.52. The predicted molar refractivity (Wildman–Crippen MR) is 73.5 cm³/mol. The van der Waals surface area contributed by atoms with Gasteiger partial charge in [-0.05, 0) is 37.4 Å². The molecule has 0 radical (unpaired) electrons. The molecular formula is C13H20N2O2S. The maximum atomic E-state index is 11.8. The molecule has 4 nitrogen and oxygen atoms in total. The summed E-state index contributed by atoms with van der Waals surface area (Å²) in [6.45, 7) is 2.49. The lowest BCUT2D eigenvalue weighted by Crippen LogP contribution is -2.36. The number of benzene rings is 1. The summed E-state index contributed by atoms with van der Waals surface area (Å²) in [5, 5.41) is 0. The van der Waals surface area contributed by atoms with Gasteiger partial charge in [0.25, 0.3) is 0 Å². The van der Waals surface area contributed by atoms with Crippen molar-refractivity contribution in [1.82, 2.24) is 0 Å². The van der Waals surface area contributed by atoms with Crippen LogP contribution in [0.4, 0.5) is 5.69 Å². The molecule has 1 saturated heterocycles. The summed E-state index contributed by atoms with van der Waals surface area (Å²) < 4.78 is 23.5. The number of sulfone groups is 1. The third-order valence-electron chi connectivity index (χ3n) is 3.55. The standard InChI is InChI=1S/C13H20N2O2S/c1-18(16,17)13-5-3-2-4-12(13)15-8-6-11(10-14)7-9-15/h2-5,11H,6-10,14H2,1H3. The van der Waals surface area contributed by atoms with Crippen LogP contribution < -0.4 is 10.6 Å². The van der Waals surface area contributed by atoms with E-state index in [-0.39, 0.29) is 0 Å². The highest BCUT2D eigenvalue weighted by Crippen LogP contribution is 2.28. The van der Waals surface area contributed by atoms with E-state index >= 15 is 0 Å². The number of anilines is 1. The second-order valence-corrected chi connectivity index (χ2v) is 6.89. The van der Waals surface area contributed by atoms with E-state index < -0.39 is 9.84 Å². The normalized spacial score (nSPS) is 18.0. The molecule has 0 spiro atoms. The molecule has 1 aliphatic heterocycles. The molecule has 100 valence electrons. The van der Waals surface area contributed by atoms with Crippen molar-refractivity contribution in [3.8, 4) is 0 Å². The van der Waals surface area contributed by atoms with E-state index in [9.17, 15) is 8.42 Å². The lowest BCUT2D eigenvalue weighted by molar-refractivity contribution is 0.413. The smallest absolute Gasteiger partial charge is 0.177 e. The zero-order valence-corrected chi connectivity index (χ0v) is 11.5. The minimum absolute atomic E-state index is 0.427. The van der Waals surface area contributed by atoms with Crippen molar-refractivity contribution in [2.45, 2.75) is 17.7 Å². The lowest BCUT2D eigenvalue weighted by Gasteiger charge is -2.34. The number of rotatable bonds is 3. The fourth-order valence-corrected chi connectivity index (χ4v) is 3.34. The molecule has 18 heavy (non-hydrogen) atoms. The third kappa shape index (κ3) is 2.84. The molecule has 0 aliphatic carbocycles. The molecule has 1 aromatic rings. The van der Waals surface area contributed by atoms with Gasteiger partial charge >= 0.3 is 0 Å². The SMILES string of the molecule is CS(=O)(=O)c1ccccc1N1CCC(CN)CC1. The van der Waals surface area contributed by atoms with Crippen LogP contribution in [0, 0.1) is 5.92 Å². The van der Waals surface area contributed by atoms with Gasteiger partial charge < -0.3 is 10.6 Å². The molecule has 0 amide bonds. The van der Waals surface area contributed by atoms with Crippen LogP contribution in [-0.2, 0) is 9.84 Å². The van der Waals surface area contributed by atoms with Crippen molar-refractivity contribution in [3.05, 3.63) is 24.3 Å². The second kappa shape index (κ2) is 5.28. The first-order valence-electron chi connectivity index (χ1n) is 6.26. The fourth-order valence-electron chi connectivity index (χ4n) is 2.44. The fraction of sp³-hybridized carbons (Fsp3) is 0.538. The number of piperidine rings is 1. The van der Waals surface area contributed by atoms with Gasteiger partial charge in [0, 0.05) is 19.3 Å². The summed E-state index contributed by atoms with van der Waals surface area (Å²) in [4.78, 5) is 2.58. The van der Waals surface area contributed by atoms with Gasteiger partial charge in [0.15, 0.2) is 9.84 Å². The quantitative estimate of drug-likeness (QED) is 0.896. The zero-order chi connectivity index (χ0) is 13.2. The van der Waals surface area contributed by atoms with Crippen molar-refractivity contribution in [2.75, 3.05) is 30.8 Å². The summed E-state index contributed by atoms with van der Waals surface area (Å²) in [5.41, 5.74) is 6.50. The molecule has 5 heteroatoms.